The van der Waals surface area contributed by atoms with Crippen LogP contribution in [0, 0.1) is 11.7 Å². The van der Waals surface area contributed by atoms with Gasteiger partial charge in [-0.2, -0.15) is 5.10 Å². The van der Waals surface area contributed by atoms with Gasteiger partial charge < -0.3 is 4.90 Å². The maximum absolute atomic E-state index is 13.6. The van der Waals surface area contributed by atoms with E-state index in [-0.39, 0.29) is 17.7 Å². The van der Waals surface area contributed by atoms with Crippen LogP contribution in [-0.2, 0) is 4.79 Å². The second kappa shape index (κ2) is 7.60. The van der Waals surface area contributed by atoms with E-state index in [1.165, 1.54) is 25.3 Å². The van der Waals surface area contributed by atoms with E-state index >= 15 is 0 Å². The monoisotopic (exact) mass is 355 g/mol. The molecular formula is C21H26FN3O. The highest BCUT2D eigenvalue weighted by atomic mass is 19.1. The molecule has 1 aliphatic heterocycles. The molecule has 1 N–H and O–H groups in total. The molecule has 1 aromatic heterocycles. The van der Waals surface area contributed by atoms with Crippen LogP contribution < -0.4 is 0 Å². The molecule has 4 nitrogen and oxygen atoms in total. The van der Waals surface area contributed by atoms with E-state index in [4.69, 9.17) is 0 Å². The molecule has 2 aliphatic rings. The first kappa shape index (κ1) is 17.3. The molecule has 1 aliphatic carbocycles. The Balaban J connectivity index is 1.52. The molecule has 1 amide bonds. The zero-order chi connectivity index (χ0) is 17.9. The predicted molar refractivity (Wildman–Crippen MR) is 99.1 cm³/mol. The fourth-order valence-electron chi connectivity index (χ4n) is 4.51. The topological polar surface area (TPSA) is 49.0 Å². The Bertz CT molecular complexity index is 766. The number of hydrogen-bond acceptors (Lipinski definition) is 2. The molecule has 1 saturated heterocycles. The molecule has 1 atom stereocenters. The smallest absolute Gasteiger partial charge is 0.225 e. The van der Waals surface area contributed by atoms with Gasteiger partial charge in [-0.1, -0.05) is 31.4 Å². The minimum atomic E-state index is -0.243. The van der Waals surface area contributed by atoms with Gasteiger partial charge in [-0.3, -0.25) is 9.89 Å². The van der Waals surface area contributed by atoms with E-state index in [0.29, 0.717) is 5.91 Å². The fraction of sp³-hybridized carbons (Fsp3) is 0.524. The van der Waals surface area contributed by atoms with Crippen molar-refractivity contribution in [2.75, 3.05) is 13.1 Å². The number of hydrogen-bond donors (Lipinski definition) is 1. The molecule has 0 radical (unpaired) electrons. The summed E-state index contributed by atoms with van der Waals surface area (Å²) in [5, 5.41) is 7.33. The van der Waals surface area contributed by atoms with Crippen LogP contribution in [0.5, 0.6) is 0 Å². The van der Waals surface area contributed by atoms with Crippen molar-refractivity contribution in [1.82, 2.24) is 15.1 Å². The van der Waals surface area contributed by atoms with Gasteiger partial charge in [0.05, 0.1) is 6.20 Å². The quantitative estimate of drug-likeness (QED) is 0.881. The lowest BCUT2D eigenvalue weighted by atomic mass is 9.86. The summed E-state index contributed by atoms with van der Waals surface area (Å²) < 4.78 is 13.6. The molecule has 1 unspecified atom stereocenters. The van der Waals surface area contributed by atoms with Gasteiger partial charge in [0, 0.05) is 36.2 Å². The Kier molecular flexibility index (Phi) is 5.05. The number of carbonyl (C=O) groups is 1. The Labute approximate surface area is 153 Å². The predicted octanol–water partition coefficient (Wildman–Crippen LogP) is 4.50. The molecule has 4 rings (SSSR count). The number of piperidine rings is 1. The van der Waals surface area contributed by atoms with Crippen molar-refractivity contribution in [3.8, 4) is 11.1 Å². The lowest BCUT2D eigenvalue weighted by Crippen LogP contribution is -2.43. The van der Waals surface area contributed by atoms with E-state index in [9.17, 15) is 9.18 Å². The summed E-state index contributed by atoms with van der Waals surface area (Å²) in [5.74, 6) is 0.539. The summed E-state index contributed by atoms with van der Waals surface area (Å²) in [6.45, 7) is 1.59. The van der Waals surface area contributed by atoms with Gasteiger partial charge in [-0.15, -0.1) is 0 Å². The summed E-state index contributed by atoms with van der Waals surface area (Å²) in [4.78, 5) is 15.0. The zero-order valence-corrected chi connectivity index (χ0v) is 15.1. The first-order valence-corrected chi connectivity index (χ1v) is 9.80. The number of benzene rings is 1. The van der Waals surface area contributed by atoms with E-state index in [2.05, 4.69) is 15.1 Å². The molecule has 138 valence electrons. The Morgan fingerprint density at radius 2 is 2.00 bits per heavy atom. The van der Waals surface area contributed by atoms with Crippen molar-refractivity contribution in [1.29, 1.82) is 0 Å². The highest BCUT2D eigenvalue weighted by Crippen LogP contribution is 2.34. The maximum Gasteiger partial charge on any atom is 0.225 e. The van der Waals surface area contributed by atoms with Gasteiger partial charge >= 0.3 is 0 Å². The molecule has 26 heavy (non-hydrogen) atoms. The normalized spacial score (nSPS) is 21.7. The van der Waals surface area contributed by atoms with E-state index in [1.54, 1.807) is 18.3 Å². The van der Waals surface area contributed by atoms with Crippen molar-refractivity contribution < 1.29 is 9.18 Å². The number of carbonyl (C=O) groups excluding carboxylic acids is 1. The molecule has 1 aromatic carbocycles. The largest absolute Gasteiger partial charge is 0.342 e. The van der Waals surface area contributed by atoms with Crippen LogP contribution in [-0.4, -0.2) is 34.1 Å². The number of amides is 1. The number of aromatic nitrogens is 2. The van der Waals surface area contributed by atoms with Crippen LogP contribution in [0.2, 0.25) is 0 Å². The number of nitrogens with one attached hydrogen (secondary N) is 1. The number of likely N-dealkylation sites (tertiary alicyclic amines) is 1. The van der Waals surface area contributed by atoms with Crippen LogP contribution in [0.1, 0.15) is 56.6 Å². The van der Waals surface area contributed by atoms with Gasteiger partial charge in [0.15, 0.2) is 0 Å². The third-order valence-corrected chi connectivity index (χ3v) is 5.90. The van der Waals surface area contributed by atoms with Crippen molar-refractivity contribution in [2.24, 2.45) is 5.92 Å². The summed E-state index contributed by atoms with van der Waals surface area (Å²) >= 11 is 0. The van der Waals surface area contributed by atoms with Crippen LogP contribution in [0.3, 0.4) is 0 Å². The molecule has 2 aromatic rings. The fourth-order valence-corrected chi connectivity index (χ4v) is 4.51. The van der Waals surface area contributed by atoms with Crippen molar-refractivity contribution in [3.63, 3.8) is 0 Å². The van der Waals surface area contributed by atoms with Gasteiger partial charge in [-0.05, 0) is 43.4 Å². The molecule has 0 bridgehead atoms. The Morgan fingerprint density at radius 3 is 2.81 bits per heavy atom. The third kappa shape index (κ3) is 3.53. The van der Waals surface area contributed by atoms with Gasteiger partial charge in [0.25, 0.3) is 0 Å². The standard InChI is InChI=1S/C21H26FN3O/c22-18-10-4-8-16(12-18)19-13-23-24-20(19)17-9-5-11-25(14-17)21(26)15-6-2-1-3-7-15/h4,8,10,12-13,15,17H,1-3,5-7,9,11,14H2,(H,23,24). The molecule has 1 saturated carbocycles. The summed E-state index contributed by atoms with van der Waals surface area (Å²) in [5.41, 5.74) is 2.81. The summed E-state index contributed by atoms with van der Waals surface area (Å²) in [6, 6.07) is 6.63. The van der Waals surface area contributed by atoms with Gasteiger partial charge in [0.2, 0.25) is 5.91 Å². The van der Waals surface area contributed by atoms with Crippen LogP contribution >= 0.6 is 0 Å². The van der Waals surface area contributed by atoms with Crippen molar-refractivity contribution in [2.45, 2.75) is 50.9 Å². The van der Waals surface area contributed by atoms with Gasteiger partial charge in [0.1, 0.15) is 5.82 Å². The van der Waals surface area contributed by atoms with Crippen molar-refractivity contribution >= 4 is 5.91 Å². The highest BCUT2D eigenvalue weighted by molar-refractivity contribution is 5.79. The minimum absolute atomic E-state index is 0.215. The number of nitrogens with zero attached hydrogens (tertiary/aromatic N) is 2. The van der Waals surface area contributed by atoms with E-state index < -0.39 is 0 Å². The zero-order valence-electron chi connectivity index (χ0n) is 15.1. The van der Waals surface area contributed by atoms with E-state index in [0.717, 1.165) is 55.6 Å². The maximum atomic E-state index is 13.6. The second-order valence-corrected chi connectivity index (χ2v) is 7.67. The Morgan fingerprint density at radius 1 is 1.15 bits per heavy atom. The lowest BCUT2D eigenvalue weighted by molar-refractivity contribution is -0.137. The van der Waals surface area contributed by atoms with Crippen LogP contribution in [0.4, 0.5) is 4.39 Å². The molecule has 2 fully saturated rings. The average molecular weight is 355 g/mol. The molecule has 0 spiro atoms. The third-order valence-electron chi connectivity index (χ3n) is 5.90. The van der Waals surface area contributed by atoms with E-state index in [1.807, 2.05) is 6.07 Å². The van der Waals surface area contributed by atoms with Gasteiger partial charge in [-0.25, -0.2) is 4.39 Å². The molecular weight excluding hydrogens is 329 g/mol. The molecule has 2 heterocycles. The number of halogens is 1. The first-order chi connectivity index (χ1) is 12.7. The number of aromatic amines is 1. The lowest BCUT2D eigenvalue weighted by Gasteiger charge is -2.36. The summed E-state index contributed by atoms with van der Waals surface area (Å²) in [6.07, 6.45) is 9.50. The average Bonchev–Trinajstić information content (AvgIpc) is 3.18. The number of rotatable bonds is 3. The minimum Gasteiger partial charge on any atom is -0.342 e. The number of H-pyrrole nitrogens is 1. The molecule has 5 heteroatoms. The van der Waals surface area contributed by atoms with Crippen LogP contribution in [0.15, 0.2) is 30.5 Å². The Hall–Kier alpha value is -2.17. The van der Waals surface area contributed by atoms with Crippen molar-refractivity contribution in [3.05, 3.63) is 42.0 Å². The summed E-state index contributed by atoms with van der Waals surface area (Å²) in [7, 11) is 0. The SMILES string of the molecule is O=C(C1CCCCC1)N1CCCC(c2[nH]ncc2-c2cccc(F)c2)C1. The highest BCUT2D eigenvalue weighted by Gasteiger charge is 2.31. The van der Waals surface area contributed by atoms with Crippen LogP contribution in [0.25, 0.3) is 11.1 Å². The second-order valence-electron chi connectivity index (χ2n) is 7.67. The first-order valence-electron chi connectivity index (χ1n) is 9.80.